The smallest absolute Gasteiger partial charge is 0.412 e. The maximum Gasteiger partial charge on any atom is 0.412 e. The van der Waals surface area contributed by atoms with Crippen LogP contribution in [-0.2, 0) is 20.9 Å². The monoisotopic (exact) mass is 591 g/mol. The quantitative estimate of drug-likeness (QED) is 0.234. The number of nitro groups is 1. The summed E-state index contributed by atoms with van der Waals surface area (Å²) in [5.74, 6) is -1.59. The molecule has 0 aromatic heterocycles. The van der Waals surface area contributed by atoms with Crippen molar-refractivity contribution >= 4 is 35.4 Å². The molecule has 1 aliphatic rings. The van der Waals surface area contributed by atoms with E-state index in [9.17, 15) is 34.4 Å². The van der Waals surface area contributed by atoms with Crippen molar-refractivity contribution in [3.8, 4) is 5.75 Å². The number of anilines is 1. The highest BCUT2D eigenvalue weighted by molar-refractivity contribution is 5.96. The third-order valence-corrected chi connectivity index (χ3v) is 6.63. The molecule has 1 saturated heterocycles. The molecule has 0 saturated carbocycles. The van der Waals surface area contributed by atoms with E-state index in [1.165, 1.54) is 25.3 Å². The van der Waals surface area contributed by atoms with Crippen LogP contribution in [0.25, 0.3) is 0 Å². The number of carbonyl (C=O) groups excluding carboxylic acids is 3. The molecule has 1 fully saturated rings. The van der Waals surface area contributed by atoms with E-state index in [0.717, 1.165) is 15.9 Å². The van der Waals surface area contributed by atoms with Crippen LogP contribution in [-0.4, -0.2) is 70.2 Å². The van der Waals surface area contributed by atoms with Crippen LogP contribution in [0.3, 0.4) is 0 Å². The topological polar surface area (TPSA) is 181 Å². The average molecular weight is 592 g/mol. The van der Waals surface area contributed by atoms with Gasteiger partial charge in [0, 0.05) is 30.9 Å². The Morgan fingerprint density at radius 3 is 2.35 bits per heavy atom. The molecule has 0 spiro atoms. The minimum absolute atomic E-state index is 0.0408. The van der Waals surface area contributed by atoms with E-state index >= 15 is 0 Å². The van der Waals surface area contributed by atoms with E-state index in [-0.39, 0.29) is 30.9 Å². The van der Waals surface area contributed by atoms with E-state index < -0.39 is 47.6 Å². The number of carbonyl (C=O) groups is 4. The van der Waals surface area contributed by atoms with Crippen LogP contribution < -0.4 is 15.4 Å². The summed E-state index contributed by atoms with van der Waals surface area (Å²) in [6, 6.07) is 18.6. The average Bonchev–Trinajstić information content (AvgIpc) is 3.46. The first-order valence-corrected chi connectivity index (χ1v) is 13.1. The maximum atomic E-state index is 13.7. The Morgan fingerprint density at radius 2 is 1.70 bits per heavy atom. The van der Waals surface area contributed by atoms with Crippen LogP contribution in [0.5, 0.6) is 5.75 Å². The van der Waals surface area contributed by atoms with Crippen molar-refractivity contribution in [2.24, 2.45) is 0 Å². The van der Waals surface area contributed by atoms with Crippen molar-refractivity contribution in [3.05, 3.63) is 100 Å². The lowest BCUT2D eigenvalue weighted by molar-refractivity contribution is -0.384. The van der Waals surface area contributed by atoms with E-state index in [1.54, 1.807) is 54.6 Å². The molecule has 3 aromatic rings. The SMILES string of the molecule is COc1ccc(NC(=O)N2CCN(C(=O)OCc3ccccc3)C2C(=O)NC(CC(=O)O)c2cccc([N+](=O)[O-])c2)cc1. The fourth-order valence-electron chi connectivity index (χ4n) is 4.52. The normalized spacial score (nSPS) is 14.9. The Hall–Kier alpha value is -5.66. The van der Waals surface area contributed by atoms with Crippen molar-refractivity contribution in [3.63, 3.8) is 0 Å². The first-order chi connectivity index (χ1) is 20.7. The molecule has 14 heteroatoms. The molecule has 1 aliphatic heterocycles. The number of non-ortho nitro benzene ring substituents is 1. The van der Waals surface area contributed by atoms with Crippen LogP contribution in [0.2, 0.25) is 0 Å². The highest BCUT2D eigenvalue weighted by Gasteiger charge is 2.44. The highest BCUT2D eigenvalue weighted by atomic mass is 16.6. The number of hydrogen-bond acceptors (Lipinski definition) is 8. The Balaban J connectivity index is 1.59. The second-order valence-corrected chi connectivity index (χ2v) is 9.47. The second kappa shape index (κ2) is 13.8. The maximum absolute atomic E-state index is 13.7. The molecule has 3 N–H and O–H groups in total. The second-order valence-electron chi connectivity index (χ2n) is 9.47. The van der Waals surface area contributed by atoms with Crippen LogP contribution in [0.4, 0.5) is 21.0 Å². The van der Waals surface area contributed by atoms with Gasteiger partial charge in [0.25, 0.3) is 11.6 Å². The van der Waals surface area contributed by atoms with Gasteiger partial charge in [0.05, 0.1) is 24.5 Å². The van der Waals surface area contributed by atoms with Gasteiger partial charge < -0.3 is 25.2 Å². The zero-order valence-electron chi connectivity index (χ0n) is 23.0. The summed E-state index contributed by atoms with van der Waals surface area (Å²) in [6.07, 6.45) is -3.00. The Bertz CT molecular complexity index is 1480. The Morgan fingerprint density at radius 1 is 1.00 bits per heavy atom. The van der Waals surface area contributed by atoms with Crippen LogP contribution in [0, 0.1) is 10.1 Å². The summed E-state index contributed by atoms with van der Waals surface area (Å²) >= 11 is 0. The third kappa shape index (κ3) is 7.75. The molecule has 2 atom stereocenters. The first-order valence-electron chi connectivity index (χ1n) is 13.1. The molecule has 43 heavy (non-hydrogen) atoms. The van der Waals surface area contributed by atoms with E-state index in [0.29, 0.717) is 17.0 Å². The molecule has 224 valence electrons. The van der Waals surface area contributed by atoms with Gasteiger partial charge in [0.2, 0.25) is 0 Å². The summed E-state index contributed by atoms with van der Waals surface area (Å²) < 4.78 is 10.6. The molecular formula is C29H29N5O9. The van der Waals surface area contributed by atoms with Gasteiger partial charge in [-0.15, -0.1) is 0 Å². The molecule has 1 heterocycles. The van der Waals surface area contributed by atoms with E-state index in [4.69, 9.17) is 9.47 Å². The van der Waals surface area contributed by atoms with Gasteiger partial charge in [0.1, 0.15) is 12.4 Å². The number of carboxylic acids is 1. The molecular weight excluding hydrogens is 562 g/mol. The summed E-state index contributed by atoms with van der Waals surface area (Å²) in [6.45, 7) is -0.180. The van der Waals surface area contributed by atoms with E-state index in [1.807, 2.05) is 0 Å². The third-order valence-electron chi connectivity index (χ3n) is 6.63. The fraction of sp³-hybridized carbons (Fsp3) is 0.241. The van der Waals surface area contributed by atoms with Gasteiger partial charge >= 0.3 is 18.1 Å². The van der Waals surface area contributed by atoms with Crippen molar-refractivity contribution in [2.75, 3.05) is 25.5 Å². The summed E-state index contributed by atoms with van der Waals surface area (Å²) in [5.41, 5.74) is 0.970. The first kappa shape index (κ1) is 30.3. The number of methoxy groups -OCH3 is 1. The number of nitrogens with zero attached hydrogens (tertiary/aromatic N) is 3. The van der Waals surface area contributed by atoms with Gasteiger partial charge in [-0.2, -0.15) is 0 Å². The number of nitrogens with one attached hydrogen (secondary N) is 2. The number of urea groups is 1. The fourth-order valence-corrected chi connectivity index (χ4v) is 4.52. The lowest BCUT2D eigenvalue weighted by Crippen LogP contribution is -2.55. The van der Waals surface area contributed by atoms with Crippen molar-refractivity contribution in [1.29, 1.82) is 0 Å². The molecule has 3 aromatic carbocycles. The molecule has 0 radical (unpaired) electrons. The molecule has 2 unspecified atom stereocenters. The van der Waals surface area contributed by atoms with Crippen LogP contribution >= 0.6 is 0 Å². The Kier molecular flexibility index (Phi) is 9.73. The predicted octanol–water partition coefficient (Wildman–Crippen LogP) is 3.75. The standard InChI is InChI=1S/C29H29N5O9/c1-42-23-12-10-21(11-13-23)30-28(38)32-14-15-33(29(39)43-18-19-6-3-2-4-7-19)27(32)26(37)31-24(17-25(35)36)20-8-5-9-22(16-20)34(40)41/h2-13,16,24,27H,14-15,17-18H2,1H3,(H,30,38)(H,31,37)(H,35,36). The number of benzene rings is 3. The minimum Gasteiger partial charge on any atom is -0.497 e. The number of nitro benzene ring substituents is 1. The lowest BCUT2D eigenvalue weighted by Gasteiger charge is -2.30. The predicted molar refractivity (Wildman–Crippen MR) is 152 cm³/mol. The van der Waals surface area contributed by atoms with Crippen molar-refractivity contribution in [2.45, 2.75) is 25.2 Å². The number of ether oxygens (including phenoxy) is 2. The zero-order chi connectivity index (χ0) is 30.9. The van der Waals surface area contributed by atoms with Gasteiger partial charge in [-0.3, -0.25) is 29.5 Å². The molecule has 0 bridgehead atoms. The number of aliphatic carboxylic acids is 1. The summed E-state index contributed by atoms with van der Waals surface area (Å²) in [4.78, 5) is 64.8. The number of carboxylic acid groups (broad SMARTS) is 1. The minimum atomic E-state index is -1.52. The lowest BCUT2D eigenvalue weighted by atomic mass is 10.0. The Labute approximate surface area is 245 Å². The number of rotatable bonds is 10. The zero-order valence-corrected chi connectivity index (χ0v) is 23.0. The summed E-state index contributed by atoms with van der Waals surface area (Å²) in [7, 11) is 1.50. The van der Waals surface area contributed by atoms with Gasteiger partial charge in [-0.1, -0.05) is 42.5 Å². The van der Waals surface area contributed by atoms with Gasteiger partial charge in [0.15, 0.2) is 6.17 Å². The molecule has 4 rings (SSSR count). The van der Waals surface area contributed by atoms with Gasteiger partial charge in [-0.05, 0) is 35.4 Å². The largest absolute Gasteiger partial charge is 0.497 e. The summed E-state index contributed by atoms with van der Waals surface area (Å²) in [5, 5.41) is 26.1. The van der Waals surface area contributed by atoms with Crippen LogP contribution in [0.1, 0.15) is 23.6 Å². The van der Waals surface area contributed by atoms with Crippen molar-refractivity contribution < 1.29 is 38.7 Å². The van der Waals surface area contributed by atoms with Crippen LogP contribution in [0.15, 0.2) is 78.9 Å². The molecule has 4 amide bonds. The van der Waals surface area contributed by atoms with Gasteiger partial charge in [-0.25, -0.2) is 9.59 Å². The molecule has 14 nitrogen and oxygen atoms in total. The van der Waals surface area contributed by atoms with E-state index in [2.05, 4.69) is 10.6 Å². The number of hydrogen-bond donors (Lipinski definition) is 3. The molecule has 0 aliphatic carbocycles. The highest BCUT2D eigenvalue weighted by Crippen LogP contribution is 2.25. The number of amides is 4. The van der Waals surface area contributed by atoms with Crippen molar-refractivity contribution in [1.82, 2.24) is 15.1 Å².